The first kappa shape index (κ1) is 22.8. The molecule has 5 heterocycles. The maximum atomic E-state index is 12.3. The summed E-state index contributed by atoms with van der Waals surface area (Å²) in [7, 11) is 1.89. The molecule has 2 aromatic heterocycles. The molecule has 0 bridgehead atoms. The van der Waals surface area contributed by atoms with Gasteiger partial charge in [-0.15, -0.1) is 0 Å². The molecule has 1 amide bonds. The zero-order chi connectivity index (χ0) is 24.8. The van der Waals surface area contributed by atoms with Crippen molar-refractivity contribution in [2.45, 2.75) is 45.7 Å². The van der Waals surface area contributed by atoms with Crippen molar-refractivity contribution in [2.24, 2.45) is 13.0 Å². The fourth-order valence-electron chi connectivity index (χ4n) is 5.91. The van der Waals surface area contributed by atoms with Crippen LogP contribution >= 0.6 is 0 Å². The summed E-state index contributed by atoms with van der Waals surface area (Å²) in [6.45, 7) is 6.20. The number of hydrogen-bond donors (Lipinski definition) is 0. The van der Waals surface area contributed by atoms with Crippen LogP contribution in [-0.2, 0) is 42.5 Å². The maximum Gasteiger partial charge on any atom is 0.219 e. The summed E-state index contributed by atoms with van der Waals surface area (Å²) < 4.78 is 9.56. The van der Waals surface area contributed by atoms with Gasteiger partial charge < -0.3 is 14.5 Å². The average Bonchev–Trinajstić information content (AvgIpc) is 3.64. The van der Waals surface area contributed by atoms with Gasteiger partial charge in [0.05, 0.1) is 24.9 Å². The first-order chi connectivity index (χ1) is 17.5. The number of benzene rings is 1. The summed E-state index contributed by atoms with van der Waals surface area (Å²) in [5, 5.41) is 19.6. The molecule has 3 aliphatic heterocycles. The standard InChI is InChI=1S/C27H31N7O2/c1-18(35)32-10-7-26-24(16-32)27(30-34(26)14-19-8-11-36-17-19)33-9-3-4-22-23(12-28)21(5-6-25(22)33)20-13-29-31(2)15-20/h5-6,13,15,19H,3-4,7-11,14,16-17H2,1-2H3/t19-/m1/s1. The largest absolute Gasteiger partial charge is 0.381 e. The number of fused-ring (bicyclic) bond motifs is 2. The number of rotatable bonds is 4. The molecule has 9 heteroatoms. The Kier molecular flexibility index (Phi) is 5.76. The Labute approximate surface area is 210 Å². The van der Waals surface area contributed by atoms with Gasteiger partial charge in [0.15, 0.2) is 5.82 Å². The predicted molar refractivity (Wildman–Crippen MR) is 135 cm³/mol. The quantitative estimate of drug-likeness (QED) is 0.564. The van der Waals surface area contributed by atoms with Crippen molar-refractivity contribution in [3.63, 3.8) is 0 Å². The molecule has 0 saturated carbocycles. The van der Waals surface area contributed by atoms with Crippen molar-refractivity contribution in [3.8, 4) is 17.2 Å². The van der Waals surface area contributed by atoms with Crippen molar-refractivity contribution in [1.82, 2.24) is 24.5 Å². The Morgan fingerprint density at radius 1 is 1.25 bits per heavy atom. The minimum Gasteiger partial charge on any atom is -0.381 e. The third-order valence-corrected chi connectivity index (χ3v) is 7.78. The van der Waals surface area contributed by atoms with Gasteiger partial charge in [-0.2, -0.15) is 15.5 Å². The number of carbonyl (C=O) groups is 1. The van der Waals surface area contributed by atoms with Crippen LogP contribution < -0.4 is 4.90 Å². The highest BCUT2D eigenvalue weighted by Gasteiger charge is 2.33. The fraction of sp³-hybridized carbons (Fsp3) is 0.481. The molecular formula is C27H31N7O2. The smallest absolute Gasteiger partial charge is 0.219 e. The van der Waals surface area contributed by atoms with Gasteiger partial charge in [0.2, 0.25) is 5.91 Å². The van der Waals surface area contributed by atoms with Gasteiger partial charge >= 0.3 is 0 Å². The normalized spacial score (nSPS) is 19.2. The van der Waals surface area contributed by atoms with Crippen LogP contribution in [-0.4, -0.2) is 56.7 Å². The lowest BCUT2D eigenvalue weighted by atomic mass is 9.91. The van der Waals surface area contributed by atoms with Gasteiger partial charge in [-0.3, -0.25) is 14.2 Å². The molecule has 3 aliphatic rings. The summed E-state index contributed by atoms with van der Waals surface area (Å²) >= 11 is 0. The molecule has 0 spiro atoms. The van der Waals surface area contributed by atoms with E-state index in [9.17, 15) is 10.1 Å². The number of carbonyl (C=O) groups excluding carboxylic acids is 1. The molecule has 0 aliphatic carbocycles. The maximum absolute atomic E-state index is 12.3. The van der Waals surface area contributed by atoms with Crippen molar-refractivity contribution >= 4 is 17.4 Å². The SMILES string of the molecule is CC(=O)N1CCc2c(c(N3CCCc4c3ccc(-c3cnn(C)c3)c4C#N)nn2C[C@H]2CCOC2)C1. The Hall–Kier alpha value is -3.64. The van der Waals surface area contributed by atoms with E-state index in [1.165, 1.54) is 5.69 Å². The van der Waals surface area contributed by atoms with Crippen molar-refractivity contribution in [3.05, 3.63) is 46.9 Å². The second kappa shape index (κ2) is 9.10. The molecule has 0 unspecified atom stereocenters. The Morgan fingerprint density at radius 3 is 2.86 bits per heavy atom. The van der Waals surface area contributed by atoms with E-state index in [0.29, 0.717) is 18.0 Å². The van der Waals surface area contributed by atoms with Crippen LogP contribution in [0.1, 0.15) is 42.1 Å². The zero-order valence-electron chi connectivity index (χ0n) is 20.9. The molecule has 1 saturated heterocycles. The van der Waals surface area contributed by atoms with Gasteiger partial charge in [0.25, 0.3) is 0 Å². The van der Waals surface area contributed by atoms with E-state index >= 15 is 0 Å². The van der Waals surface area contributed by atoms with Crippen LogP contribution in [0.2, 0.25) is 0 Å². The van der Waals surface area contributed by atoms with E-state index < -0.39 is 0 Å². The summed E-state index contributed by atoms with van der Waals surface area (Å²) in [5.74, 6) is 1.48. The fourth-order valence-corrected chi connectivity index (χ4v) is 5.91. The number of hydrogen-bond acceptors (Lipinski definition) is 6. The number of amides is 1. The summed E-state index contributed by atoms with van der Waals surface area (Å²) in [6, 6.07) is 6.65. The number of ether oxygens (including phenoxy) is 1. The third kappa shape index (κ3) is 3.86. The number of anilines is 2. The summed E-state index contributed by atoms with van der Waals surface area (Å²) in [5.41, 5.74) is 7.06. The van der Waals surface area contributed by atoms with Gasteiger partial charge in [-0.1, -0.05) is 6.07 Å². The molecule has 1 fully saturated rings. The Balaban J connectivity index is 1.44. The second-order valence-electron chi connectivity index (χ2n) is 10.1. The lowest BCUT2D eigenvalue weighted by Crippen LogP contribution is -2.35. The van der Waals surface area contributed by atoms with Crippen LogP contribution in [0.25, 0.3) is 11.1 Å². The molecule has 6 rings (SSSR count). The monoisotopic (exact) mass is 485 g/mol. The average molecular weight is 486 g/mol. The predicted octanol–water partition coefficient (Wildman–Crippen LogP) is 3.18. The van der Waals surface area contributed by atoms with E-state index in [2.05, 4.69) is 26.8 Å². The minimum absolute atomic E-state index is 0.0930. The highest BCUT2D eigenvalue weighted by molar-refractivity contribution is 5.80. The topological polar surface area (TPSA) is 92.2 Å². The highest BCUT2D eigenvalue weighted by Crippen LogP contribution is 2.41. The Morgan fingerprint density at radius 2 is 2.14 bits per heavy atom. The Bertz CT molecular complexity index is 1360. The van der Waals surface area contributed by atoms with Gasteiger partial charge in [0.1, 0.15) is 6.07 Å². The lowest BCUT2D eigenvalue weighted by molar-refractivity contribution is -0.129. The highest BCUT2D eigenvalue weighted by atomic mass is 16.5. The van der Waals surface area contributed by atoms with E-state index in [1.54, 1.807) is 11.6 Å². The van der Waals surface area contributed by atoms with Gasteiger partial charge in [-0.25, -0.2) is 0 Å². The van der Waals surface area contributed by atoms with E-state index in [-0.39, 0.29) is 5.91 Å². The number of nitrogens with zero attached hydrogens (tertiary/aromatic N) is 7. The van der Waals surface area contributed by atoms with Crippen LogP contribution in [0.15, 0.2) is 24.5 Å². The van der Waals surface area contributed by atoms with Crippen molar-refractivity contribution in [1.29, 1.82) is 5.26 Å². The third-order valence-electron chi connectivity index (χ3n) is 7.78. The van der Waals surface area contributed by atoms with Crippen molar-refractivity contribution < 1.29 is 9.53 Å². The first-order valence-corrected chi connectivity index (χ1v) is 12.8. The first-order valence-electron chi connectivity index (χ1n) is 12.8. The molecule has 36 heavy (non-hydrogen) atoms. The van der Waals surface area contributed by atoms with Gasteiger partial charge in [-0.05, 0) is 30.9 Å². The summed E-state index contributed by atoms with van der Waals surface area (Å²) in [6.07, 6.45) is 7.41. The van der Waals surface area contributed by atoms with E-state index in [1.807, 2.05) is 30.4 Å². The number of nitriles is 1. The van der Waals surface area contributed by atoms with Crippen LogP contribution in [0, 0.1) is 17.2 Å². The lowest BCUT2D eigenvalue weighted by Gasteiger charge is -2.33. The molecule has 9 nitrogen and oxygen atoms in total. The molecule has 0 N–H and O–H groups in total. The zero-order valence-corrected chi connectivity index (χ0v) is 20.9. The van der Waals surface area contributed by atoms with Crippen LogP contribution in [0.4, 0.5) is 11.5 Å². The van der Waals surface area contributed by atoms with E-state index in [4.69, 9.17) is 9.84 Å². The minimum atomic E-state index is 0.0930. The van der Waals surface area contributed by atoms with Crippen LogP contribution in [0.3, 0.4) is 0 Å². The number of aromatic nitrogens is 4. The number of aryl methyl sites for hydroxylation is 1. The van der Waals surface area contributed by atoms with Gasteiger partial charge in [0, 0.05) is 86.8 Å². The second-order valence-corrected chi connectivity index (χ2v) is 10.1. The molecule has 3 aromatic rings. The molecule has 1 atom stereocenters. The molecule has 0 radical (unpaired) electrons. The molecule has 186 valence electrons. The van der Waals surface area contributed by atoms with E-state index in [0.717, 1.165) is 92.3 Å². The molecule has 1 aromatic carbocycles. The van der Waals surface area contributed by atoms with Crippen molar-refractivity contribution in [2.75, 3.05) is 31.2 Å². The summed E-state index contributed by atoms with van der Waals surface area (Å²) in [4.78, 5) is 16.4. The molecular weight excluding hydrogens is 454 g/mol. The van der Waals surface area contributed by atoms with Crippen LogP contribution in [0.5, 0.6) is 0 Å².